The Balaban J connectivity index is 1.59. The maximum Gasteiger partial charge on any atom is 0.170 e. The van der Waals surface area contributed by atoms with Gasteiger partial charge in [-0.15, -0.1) is 0 Å². The van der Waals surface area contributed by atoms with E-state index in [1.54, 1.807) is 19.6 Å². The smallest absolute Gasteiger partial charge is 0.170 e. The van der Waals surface area contributed by atoms with Crippen LogP contribution < -0.4 is 15.4 Å². The minimum absolute atomic E-state index is 0.588. The van der Waals surface area contributed by atoms with Gasteiger partial charge in [0, 0.05) is 30.2 Å². The number of hydrogen-bond acceptors (Lipinski definition) is 4. The molecule has 0 radical (unpaired) electrons. The first kappa shape index (κ1) is 16.3. The van der Waals surface area contributed by atoms with Gasteiger partial charge in [0.05, 0.1) is 13.4 Å². The number of aryl methyl sites for hydroxylation is 1. The first-order valence-electron chi connectivity index (χ1n) is 7.77. The van der Waals surface area contributed by atoms with E-state index in [-0.39, 0.29) is 0 Å². The van der Waals surface area contributed by atoms with Gasteiger partial charge >= 0.3 is 0 Å². The van der Waals surface area contributed by atoms with Gasteiger partial charge in [-0.25, -0.2) is 0 Å². The third-order valence-electron chi connectivity index (χ3n) is 3.67. The lowest BCUT2D eigenvalue weighted by molar-refractivity contribution is 0.419. The largest absolute Gasteiger partial charge is 0.494 e. The van der Waals surface area contributed by atoms with Gasteiger partial charge in [-0.1, -0.05) is 0 Å². The fraction of sp³-hybridized carbons (Fsp3) is 0.222. The molecule has 2 aromatic heterocycles. The summed E-state index contributed by atoms with van der Waals surface area (Å²) in [4.78, 5) is 4.38. The average molecular weight is 341 g/mol. The van der Waals surface area contributed by atoms with Gasteiger partial charge in [-0.05, 0) is 55.0 Å². The molecule has 6 heteroatoms. The molecular weight excluding hydrogens is 322 g/mol. The number of rotatable bonds is 6. The molecule has 0 bridgehead atoms. The molecule has 0 aliphatic heterocycles. The molecule has 0 saturated carbocycles. The van der Waals surface area contributed by atoms with Crippen molar-refractivity contribution < 1.29 is 9.15 Å². The van der Waals surface area contributed by atoms with E-state index in [1.807, 2.05) is 36.4 Å². The zero-order valence-electron chi connectivity index (χ0n) is 13.4. The highest BCUT2D eigenvalue weighted by molar-refractivity contribution is 7.80. The summed E-state index contributed by atoms with van der Waals surface area (Å²) in [6, 6.07) is 11.6. The summed E-state index contributed by atoms with van der Waals surface area (Å²) < 4.78 is 10.7. The molecule has 0 atom stereocenters. The van der Waals surface area contributed by atoms with Crippen molar-refractivity contribution in [1.82, 2.24) is 10.3 Å². The summed E-state index contributed by atoms with van der Waals surface area (Å²) in [6.07, 6.45) is 5.27. The van der Waals surface area contributed by atoms with Crippen LogP contribution in [-0.2, 0) is 6.42 Å². The highest BCUT2D eigenvalue weighted by Crippen LogP contribution is 2.29. The minimum Gasteiger partial charge on any atom is -0.494 e. The third-order valence-corrected chi connectivity index (χ3v) is 3.91. The van der Waals surface area contributed by atoms with Crippen molar-refractivity contribution in [2.24, 2.45) is 0 Å². The molecular formula is C18H19N3O2S. The Bertz CT molecular complexity index is 818. The van der Waals surface area contributed by atoms with Crippen molar-refractivity contribution in [2.75, 3.05) is 19.0 Å². The maximum absolute atomic E-state index is 5.38. The molecule has 2 heterocycles. The molecule has 5 nitrogen and oxygen atoms in total. The van der Waals surface area contributed by atoms with Crippen molar-refractivity contribution in [3.05, 3.63) is 54.6 Å². The van der Waals surface area contributed by atoms with Crippen LogP contribution in [0.2, 0.25) is 0 Å². The zero-order valence-corrected chi connectivity index (χ0v) is 14.2. The molecule has 24 heavy (non-hydrogen) atoms. The second-order valence-electron chi connectivity index (χ2n) is 5.28. The summed E-state index contributed by atoms with van der Waals surface area (Å²) in [7, 11) is 1.64. The van der Waals surface area contributed by atoms with Crippen LogP contribution in [0.1, 0.15) is 12.2 Å². The van der Waals surface area contributed by atoms with Crippen molar-refractivity contribution in [2.45, 2.75) is 12.8 Å². The number of aromatic nitrogens is 1. The number of nitrogens with zero attached hydrogens (tertiary/aromatic N) is 1. The molecule has 0 unspecified atom stereocenters. The summed E-state index contributed by atoms with van der Waals surface area (Å²) >= 11 is 5.38. The van der Waals surface area contributed by atoms with Crippen LogP contribution in [0.3, 0.4) is 0 Å². The van der Waals surface area contributed by atoms with Crippen molar-refractivity contribution in [1.29, 1.82) is 0 Å². The van der Waals surface area contributed by atoms with Gasteiger partial charge in [0.25, 0.3) is 0 Å². The Morgan fingerprint density at radius 3 is 2.96 bits per heavy atom. The lowest BCUT2D eigenvalue weighted by Gasteiger charge is -2.13. The predicted molar refractivity (Wildman–Crippen MR) is 99.5 cm³/mol. The zero-order chi connectivity index (χ0) is 16.8. The predicted octanol–water partition coefficient (Wildman–Crippen LogP) is 3.76. The second kappa shape index (κ2) is 7.79. The Labute approximate surface area is 146 Å². The number of nitrogens with one attached hydrogen (secondary N) is 2. The van der Waals surface area contributed by atoms with Crippen molar-refractivity contribution in [3.63, 3.8) is 0 Å². The number of hydrogen-bond donors (Lipinski definition) is 2. The normalized spacial score (nSPS) is 10.5. The number of furan rings is 1. The van der Waals surface area contributed by atoms with Crippen molar-refractivity contribution in [3.8, 4) is 5.75 Å². The number of pyridine rings is 1. The summed E-state index contributed by atoms with van der Waals surface area (Å²) in [6.45, 7) is 0.777. The summed E-state index contributed by atoms with van der Waals surface area (Å²) in [5.41, 5.74) is 1.72. The van der Waals surface area contributed by atoms with E-state index in [1.165, 1.54) is 0 Å². The Morgan fingerprint density at radius 2 is 2.17 bits per heavy atom. The highest BCUT2D eigenvalue weighted by Gasteiger charge is 2.08. The van der Waals surface area contributed by atoms with Crippen LogP contribution in [0.5, 0.6) is 5.75 Å². The summed E-state index contributed by atoms with van der Waals surface area (Å²) in [5.74, 6) is 1.73. The first-order chi connectivity index (χ1) is 11.8. The van der Waals surface area contributed by atoms with E-state index in [9.17, 15) is 0 Å². The van der Waals surface area contributed by atoms with Crippen LogP contribution in [0.4, 0.5) is 5.69 Å². The van der Waals surface area contributed by atoms with Gasteiger partial charge in [0.1, 0.15) is 17.0 Å². The third kappa shape index (κ3) is 3.83. The van der Waals surface area contributed by atoms with E-state index in [0.29, 0.717) is 5.11 Å². The van der Waals surface area contributed by atoms with Gasteiger partial charge in [0.15, 0.2) is 5.11 Å². The molecule has 0 spiro atoms. The first-order valence-corrected chi connectivity index (χ1v) is 8.17. The molecule has 0 fully saturated rings. The monoisotopic (exact) mass is 341 g/mol. The molecule has 0 aliphatic carbocycles. The lowest BCUT2D eigenvalue weighted by Crippen LogP contribution is -2.29. The highest BCUT2D eigenvalue weighted by atomic mass is 32.1. The number of benzene rings is 1. The van der Waals surface area contributed by atoms with Gasteiger partial charge in [0.2, 0.25) is 0 Å². The molecule has 3 aromatic rings. The van der Waals surface area contributed by atoms with Crippen molar-refractivity contribution >= 4 is 33.9 Å². The second-order valence-corrected chi connectivity index (χ2v) is 5.69. The van der Waals surface area contributed by atoms with E-state index < -0.39 is 0 Å². The van der Waals surface area contributed by atoms with Gasteiger partial charge in [-0.2, -0.15) is 0 Å². The quantitative estimate of drug-likeness (QED) is 0.526. The van der Waals surface area contributed by atoms with E-state index in [4.69, 9.17) is 21.4 Å². The van der Waals surface area contributed by atoms with Crippen LogP contribution in [0, 0.1) is 0 Å². The fourth-order valence-corrected chi connectivity index (χ4v) is 2.72. The average Bonchev–Trinajstić information content (AvgIpc) is 3.12. The Kier molecular flexibility index (Phi) is 5.28. The number of methoxy groups -OCH3 is 1. The van der Waals surface area contributed by atoms with E-state index >= 15 is 0 Å². The molecule has 0 saturated heterocycles. The van der Waals surface area contributed by atoms with Crippen LogP contribution in [0.25, 0.3) is 10.9 Å². The number of anilines is 1. The molecule has 3 rings (SSSR count). The number of ether oxygens (including phenoxy) is 1. The Morgan fingerprint density at radius 1 is 1.25 bits per heavy atom. The molecule has 0 aliphatic rings. The van der Waals surface area contributed by atoms with Crippen LogP contribution in [-0.4, -0.2) is 23.8 Å². The number of fused-ring (bicyclic) bond motifs is 1. The van der Waals surface area contributed by atoms with E-state index in [2.05, 4.69) is 15.6 Å². The standard InChI is InChI=1S/C18H19N3O2S/c1-22-16-9-8-15(14-7-3-10-19-17(14)16)21-18(24)20-11-2-5-13-6-4-12-23-13/h3-4,6-10,12H,2,5,11H2,1H3,(H2,20,21,24). The molecule has 0 amide bonds. The van der Waals surface area contributed by atoms with Crippen LogP contribution >= 0.6 is 12.2 Å². The molecule has 124 valence electrons. The molecule has 1 aromatic carbocycles. The lowest BCUT2D eigenvalue weighted by atomic mass is 10.1. The summed E-state index contributed by atoms with van der Waals surface area (Å²) in [5, 5.41) is 8.00. The van der Waals surface area contributed by atoms with E-state index in [0.717, 1.165) is 47.5 Å². The number of thiocarbonyl (C=S) groups is 1. The fourth-order valence-electron chi connectivity index (χ4n) is 2.51. The Hall–Kier alpha value is -2.60. The minimum atomic E-state index is 0.588. The topological polar surface area (TPSA) is 59.3 Å². The van der Waals surface area contributed by atoms with Gasteiger partial charge in [-0.3, -0.25) is 4.98 Å². The molecule has 2 N–H and O–H groups in total. The van der Waals surface area contributed by atoms with Gasteiger partial charge < -0.3 is 19.8 Å². The SMILES string of the molecule is COc1ccc(NC(=S)NCCCc2ccco2)c2cccnc12. The maximum atomic E-state index is 5.38. The van der Waals surface area contributed by atoms with Crippen LogP contribution in [0.15, 0.2) is 53.3 Å².